The highest BCUT2D eigenvalue weighted by atomic mass is 16.5. The molecule has 5 nitrogen and oxygen atoms in total. The number of ether oxygens (including phenoxy) is 1. The van der Waals surface area contributed by atoms with Crippen LogP contribution in [0.2, 0.25) is 0 Å². The minimum Gasteiger partial charge on any atom is -0.465 e. The highest BCUT2D eigenvalue weighted by molar-refractivity contribution is 5.89. The Labute approximate surface area is 128 Å². The number of carbonyl (C=O) groups excluding carboxylic acids is 1. The lowest BCUT2D eigenvalue weighted by Crippen LogP contribution is -2.16. The largest absolute Gasteiger partial charge is 0.465 e. The summed E-state index contributed by atoms with van der Waals surface area (Å²) in [5, 5.41) is 0. The van der Waals surface area contributed by atoms with E-state index in [-0.39, 0.29) is 5.97 Å². The topological polar surface area (TPSA) is 55.6 Å². The van der Waals surface area contributed by atoms with E-state index in [4.69, 9.17) is 4.42 Å². The van der Waals surface area contributed by atoms with E-state index in [1.807, 2.05) is 48.3 Å². The Morgan fingerprint density at radius 1 is 1.18 bits per heavy atom. The van der Waals surface area contributed by atoms with Crippen molar-refractivity contribution in [2.45, 2.75) is 6.54 Å². The summed E-state index contributed by atoms with van der Waals surface area (Å²) >= 11 is 0. The highest BCUT2D eigenvalue weighted by Crippen LogP contribution is 2.22. The predicted octanol–water partition coefficient (Wildman–Crippen LogP) is 3.25. The second-order valence-corrected chi connectivity index (χ2v) is 5.01. The Morgan fingerprint density at radius 2 is 1.91 bits per heavy atom. The minimum absolute atomic E-state index is 0.334. The number of hydrogen-bond donors (Lipinski definition) is 0. The van der Waals surface area contributed by atoms with E-state index >= 15 is 0 Å². The van der Waals surface area contributed by atoms with Crippen molar-refractivity contribution in [3.63, 3.8) is 0 Å². The van der Waals surface area contributed by atoms with E-state index in [0.717, 1.165) is 16.7 Å². The Hall–Kier alpha value is -2.82. The third-order valence-corrected chi connectivity index (χ3v) is 3.40. The van der Waals surface area contributed by atoms with Gasteiger partial charge in [0.05, 0.1) is 12.7 Å². The average Bonchev–Trinajstić information content (AvgIpc) is 2.99. The van der Waals surface area contributed by atoms with Gasteiger partial charge in [-0.3, -0.25) is 0 Å². The van der Waals surface area contributed by atoms with Crippen LogP contribution in [0.25, 0.3) is 11.1 Å². The molecular formula is C17H16N2O3. The van der Waals surface area contributed by atoms with Crippen LogP contribution in [0, 0.1) is 0 Å². The quantitative estimate of drug-likeness (QED) is 0.692. The van der Waals surface area contributed by atoms with Gasteiger partial charge >= 0.3 is 5.97 Å². The zero-order chi connectivity index (χ0) is 15.5. The molecule has 2 aromatic carbocycles. The Balaban J connectivity index is 1.75. The molecule has 0 aliphatic rings. The number of oxazole rings is 1. The van der Waals surface area contributed by atoms with E-state index in [9.17, 15) is 4.79 Å². The highest BCUT2D eigenvalue weighted by Gasteiger charge is 2.11. The molecule has 0 unspecified atom stereocenters. The van der Waals surface area contributed by atoms with Crippen LogP contribution in [0.4, 0.5) is 6.01 Å². The van der Waals surface area contributed by atoms with Crippen molar-refractivity contribution in [3.05, 3.63) is 59.7 Å². The first-order chi connectivity index (χ1) is 10.7. The van der Waals surface area contributed by atoms with E-state index in [2.05, 4.69) is 9.72 Å². The number of nitrogens with zero attached hydrogens (tertiary/aromatic N) is 2. The fraction of sp³-hybridized carbons (Fsp3) is 0.176. The number of methoxy groups -OCH3 is 1. The summed E-state index contributed by atoms with van der Waals surface area (Å²) in [4.78, 5) is 17.8. The third kappa shape index (κ3) is 2.79. The SMILES string of the molecule is COC(=O)c1ccc(CN(C)c2nc3ccccc3o2)cc1. The van der Waals surface area contributed by atoms with Crippen LogP contribution in [-0.4, -0.2) is 25.1 Å². The monoisotopic (exact) mass is 296 g/mol. The normalized spacial score (nSPS) is 10.6. The number of benzene rings is 2. The van der Waals surface area contributed by atoms with Crippen LogP contribution in [0.3, 0.4) is 0 Å². The van der Waals surface area contributed by atoms with Gasteiger partial charge in [-0.25, -0.2) is 4.79 Å². The van der Waals surface area contributed by atoms with Crippen molar-refractivity contribution in [3.8, 4) is 0 Å². The smallest absolute Gasteiger partial charge is 0.337 e. The zero-order valence-corrected chi connectivity index (χ0v) is 12.4. The molecule has 0 saturated carbocycles. The van der Waals surface area contributed by atoms with E-state index in [1.165, 1.54) is 7.11 Å². The molecule has 0 fully saturated rings. The Bertz CT molecular complexity index is 760. The number of anilines is 1. The zero-order valence-electron chi connectivity index (χ0n) is 12.4. The molecule has 0 bridgehead atoms. The van der Waals surface area contributed by atoms with Crippen molar-refractivity contribution >= 4 is 23.1 Å². The molecule has 0 amide bonds. The van der Waals surface area contributed by atoms with E-state index in [0.29, 0.717) is 18.1 Å². The second kappa shape index (κ2) is 5.89. The number of esters is 1. The number of carbonyl (C=O) groups is 1. The van der Waals surface area contributed by atoms with Gasteiger partial charge < -0.3 is 14.1 Å². The molecule has 0 radical (unpaired) electrons. The van der Waals surface area contributed by atoms with Gasteiger partial charge in [0, 0.05) is 13.6 Å². The molecule has 3 aromatic rings. The summed E-state index contributed by atoms with van der Waals surface area (Å²) in [5.41, 5.74) is 3.20. The molecule has 22 heavy (non-hydrogen) atoms. The maximum atomic E-state index is 11.4. The van der Waals surface area contributed by atoms with Gasteiger partial charge in [0.2, 0.25) is 0 Å². The third-order valence-electron chi connectivity index (χ3n) is 3.40. The second-order valence-electron chi connectivity index (χ2n) is 5.01. The van der Waals surface area contributed by atoms with Crippen molar-refractivity contribution in [1.29, 1.82) is 0 Å². The standard InChI is InChI=1S/C17H16N2O3/c1-19(17-18-14-5-3-4-6-15(14)22-17)11-12-7-9-13(10-8-12)16(20)21-2/h3-10H,11H2,1-2H3. The van der Waals surface area contributed by atoms with Crippen LogP contribution < -0.4 is 4.90 Å². The lowest BCUT2D eigenvalue weighted by atomic mass is 10.1. The molecule has 0 atom stereocenters. The van der Waals surface area contributed by atoms with Crippen molar-refractivity contribution < 1.29 is 13.9 Å². The first kappa shape index (κ1) is 14.1. The molecular weight excluding hydrogens is 280 g/mol. The molecule has 112 valence electrons. The summed E-state index contributed by atoms with van der Waals surface area (Å²) in [7, 11) is 3.29. The van der Waals surface area contributed by atoms with Gasteiger partial charge in [0.15, 0.2) is 5.58 Å². The molecule has 0 saturated heterocycles. The molecule has 0 N–H and O–H groups in total. The number of fused-ring (bicyclic) bond motifs is 1. The molecule has 3 rings (SSSR count). The molecule has 5 heteroatoms. The fourth-order valence-electron chi connectivity index (χ4n) is 2.23. The number of para-hydroxylation sites is 2. The first-order valence-electron chi connectivity index (χ1n) is 6.91. The van der Waals surface area contributed by atoms with Crippen LogP contribution in [0.5, 0.6) is 0 Å². The van der Waals surface area contributed by atoms with Crippen LogP contribution in [0.15, 0.2) is 52.9 Å². The van der Waals surface area contributed by atoms with Crippen molar-refractivity contribution in [2.24, 2.45) is 0 Å². The van der Waals surface area contributed by atoms with Gasteiger partial charge in [0.1, 0.15) is 5.52 Å². The van der Waals surface area contributed by atoms with Gasteiger partial charge in [-0.2, -0.15) is 4.98 Å². The lowest BCUT2D eigenvalue weighted by molar-refractivity contribution is 0.0600. The van der Waals surface area contributed by atoms with Crippen LogP contribution in [0.1, 0.15) is 15.9 Å². The first-order valence-corrected chi connectivity index (χ1v) is 6.91. The van der Waals surface area contributed by atoms with Crippen molar-refractivity contribution in [1.82, 2.24) is 4.98 Å². The Morgan fingerprint density at radius 3 is 2.59 bits per heavy atom. The summed E-state index contributed by atoms with van der Waals surface area (Å²) < 4.78 is 10.4. The van der Waals surface area contributed by atoms with Gasteiger partial charge in [0.25, 0.3) is 6.01 Å². The molecule has 0 spiro atoms. The summed E-state index contributed by atoms with van der Waals surface area (Å²) in [6, 6.07) is 15.5. The fourth-order valence-corrected chi connectivity index (χ4v) is 2.23. The van der Waals surface area contributed by atoms with Crippen LogP contribution >= 0.6 is 0 Å². The van der Waals surface area contributed by atoms with Gasteiger partial charge in [-0.05, 0) is 29.8 Å². The summed E-state index contributed by atoms with van der Waals surface area (Å²) in [5.74, 6) is -0.334. The Kier molecular flexibility index (Phi) is 3.78. The van der Waals surface area contributed by atoms with Gasteiger partial charge in [-0.1, -0.05) is 24.3 Å². The number of aromatic nitrogens is 1. The minimum atomic E-state index is -0.334. The molecule has 1 heterocycles. The maximum absolute atomic E-state index is 11.4. The average molecular weight is 296 g/mol. The van der Waals surface area contributed by atoms with E-state index < -0.39 is 0 Å². The number of rotatable bonds is 4. The molecule has 0 aliphatic heterocycles. The summed E-state index contributed by atoms with van der Waals surface area (Å²) in [6.45, 7) is 0.633. The number of hydrogen-bond acceptors (Lipinski definition) is 5. The predicted molar refractivity (Wildman–Crippen MR) is 83.9 cm³/mol. The lowest BCUT2D eigenvalue weighted by Gasteiger charge is -2.14. The molecule has 1 aromatic heterocycles. The van der Waals surface area contributed by atoms with E-state index in [1.54, 1.807) is 12.1 Å². The van der Waals surface area contributed by atoms with Crippen molar-refractivity contribution in [2.75, 3.05) is 19.1 Å². The van der Waals surface area contributed by atoms with Crippen LogP contribution in [-0.2, 0) is 11.3 Å². The maximum Gasteiger partial charge on any atom is 0.337 e. The van der Waals surface area contributed by atoms with Gasteiger partial charge in [-0.15, -0.1) is 0 Å². The summed E-state index contributed by atoms with van der Waals surface area (Å²) in [6.07, 6.45) is 0. The molecule has 0 aliphatic carbocycles.